The molecule has 0 saturated carbocycles. The van der Waals surface area contributed by atoms with Gasteiger partial charge in [-0.3, -0.25) is 9.36 Å². The lowest BCUT2D eigenvalue weighted by Crippen LogP contribution is -2.25. The Hall–Kier alpha value is -3.18. The number of carbonyl (C=O) groups excluding carboxylic acids is 1. The molecule has 0 atom stereocenters. The Bertz CT molecular complexity index is 1130. The first-order valence-corrected chi connectivity index (χ1v) is 9.41. The van der Waals surface area contributed by atoms with Crippen molar-refractivity contribution in [2.24, 2.45) is 0 Å². The van der Waals surface area contributed by atoms with E-state index in [9.17, 15) is 4.79 Å². The lowest BCUT2D eigenvalue weighted by atomic mass is 10.1. The normalized spacial score (nSPS) is 10.9. The van der Waals surface area contributed by atoms with Crippen molar-refractivity contribution < 1.29 is 4.79 Å². The van der Waals surface area contributed by atoms with E-state index in [2.05, 4.69) is 15.3 Å². The van der Waals surface area contributed by atoms with E-state index < -0.39 is 0 Å². The van der Waals surface area contributed by atoms with Crippen LogP contribution in [0.1, 0.15) is 21.5 Å². The van der Waals surface area contributed by atoms with E-state index in [1.165, 1.54) is 0 Å². The van der Waals surface area contributed by atoms with Gasteiger partial charge in [0.25, 0.3) is 5.91 Å². The summed E-state index contributed by atoms with van der Waals surface area (Å²) in [6.07, 6.45) is 4.23. The second-order valence-corrected chi connectivity index (χ2v) is 7.03. The summed E-state index contributed by atoms with van der Waals surface area (Å²) in [5, 5.41) is 3.69. The van der Waals surface area contributed by atoms with Crippen LogP contribution >= 0.6 is 11.6 Å². The third-order valence-electron chi connectivity index (χ3n) is 4.65. The van der Waals surface area contributed by atoms with Gasteiger partial charge in [0.1, 0.15) is 11.8 Å². The van der Waals surface area contributed by atoms with E-state index in [1.807, 2.05) is 66.1 Å². The van der Waals surface area contributed by atoms with Crippen molar-refractivity contribution in [2.75, 3.05) is 6.54 Å². The maximum atomic E-state index is 12.6. The summed E-state index contributed by atoms with van der Waals surface area (Å²) in [6, 6.07) is 17.1. The highest BCUT2D eigenvalue weighted by molar-refractivity contribution is 6.30. The zero-order valence-corrected chi connectivity index (χ0v) is 16.1. The van der Waals surface area contributed by atoms with E-state index >= 15 is 0 Å². The highest BCUT2D eigenvalue weighted by Crippen LogP contribution is 2.20. The molecule has 28 heavy (non-hydrogen) atoms. The monoisotopic (exact) mass is 390 g/mol. The van der Waals surface area contributed by atoms with Gasteiger partial charge in [-0.25, -0.2) is 9.97 Å². The molecule has 0 aliphatic rings. The molecule has 0 radical (unpaired) electrons. The van der Waals surface area contributed by atoms with Crippen molar-refractivity contribution in [1.29, 1.82) is 0 Å². The number of amides is 1. The van der Waals surface area contributed by atoms with Gasteiger partial charge in [-0.15, -0.1) is 0 Å². The van der Waals surface area contributed by atoms with Crippen LogP contribution in [0.15, 0.2) is 67.1 Å². The highest BCUT2D eigenvalue weighted by atomic mass is 35.5. The molecule has 0 bridgehead atoms. The third-order valence-corrected chi connectivity index (χ3v) is 4.90. The van der Waals surface area contributed by atoms with Gasteiger partial charge >= 0.3 is 0 Å². The molecule has 0 saturated heterocycles. The van der Waals surface area contributed by atoms with Gasteiger partial charge in [-0.2, -0.15) is 0 Å². The van der Waals surface area contributed by atoms with Crippen molar-refractivity contribution in [3.05, 3.63) is 88.8 Å². The van der Waals surface area contributed by atoms with Gasteiger partial charge in [0.05, 0.1) is 5.69 Å². The van der Waals surface area contributed by atoms with E-state index in [0.717, 1.165) is 34.4 Å². The average molecular weight is 391 g/mol. The molecule has 0 spiro atoms. The Balaban J connectivity index is 1.51. The van der Waals surface area contributed by atoms with Crippen molar-refractivity contribution in [1.82, 2.24) is 19.9 Å². The zero-order valence-electron chi connectivity index (χ0n) is 15.4. The third kappa shape index (κ3) is 3.75. The number of pyridine rings is 1. The number of aromatic nitrogens is 3. The van der Waals surface area contributed by atoms with Gasteiger partial charge in [-0.1, -0.05) is 29.8 Å². The van der Waals surface area contributed by atoms with Gasteiger partial charge in [0, 0.05) is 23.3 Å². The number of fused-ring (bicyclic) bond motifs is 1. The molecular weight excluding hydrogens is 372 g/mol. The van der Waals surface area contributed by atoms with E-state index in [-0.39, 0.29) is 5.91 Å². The first-order valence-electron chi connectivity index (χ1n) is 9.03. The van der Waals surface area contributed by atoms with Crippen molar-refractivity contribution in [2.45, 2.75) is 13.3 Å². The van der Waals surface area contributed by atoms with E-state index in [0.29, 0.717) is 17.1 Å². The average Bonchev–Trinajstić information content (AvgIpc) is 3.14. The van der Waals surface area contributed by atoms with Crippen LogP contribution in [-0.4, -0.2) is 27.0 Å². The fourth-order valence-electron chi connectivity index (χ4n) is 3.11. The molecule has 2 heterocycles. The highest BCUT2D eigenvalue weighted by Gasteiger charge is 2.12. The Morgan fingerprint density at radius 1 is 1.11 bits per heavy atom. The van der Waals surface area contributed by atoms with Crippen LogP contribution in [0.5, 0.6) is 0 Å². The number of nitrogens with zero attached hydrogens (tertiary/aromatic N) is 3. The number of carbonyl (C=O) groups is 1. The number of hydrogen-bond acceptors (Lipinski definition) is 3. The number of aryl methyl sites for hydroxylation is 1. The fraction of sp³-hybridized carbons (Fsp3) is 0.136. The molecule has 4 rings (SSSR count). The molecule has 140 valence electrons. The molecule has 6 heteroatoms. The van der Waals surface area contributed by atoms with Crippen molar-refractivity contribution in [3.8, 4) is 5.69 Å². The Kier molecular flexibility index (Phi) is 5.08. The number of nitrogens with one attached hydrogen (secondary N) is 1. The molecule has 2 aromatic carbocycles. The topological polar surface area (TPSA) is 59.8 Å². The lowest BCUT2D eigenvalue weighted by Gasteiger charge is -2.11. The summed E-state index contributed by atoms with van der Waals surface area (Å²) in [7, 11) is 0. The summed E-state index contributed by atoms with van der Waals surface area (Å²) < 4.78 is 1.91. The minimum atomic E-state index is -0.104. The van der Waals surface area contributed by atoms with Crippen LogP contribution in [-0.2, 0) is 6.42 Å². The molecule has 0 unspecified atom stereocenters. The van der Waals surface area contributed by atoms with E-state index in [1.54, 1.807) is 12.5 Å². The molecule has 1 N–H and O–H groups in total. The second kappa shape index (κ2) is 7.82. The molecule has 2 aromatic heterocycles. The number of rotatable bonds is 5. The first-order chi connectivity index (χ1) is 13.6. The quantitative estimate of drug-likeness (QED) is 0.551. The number of halogens is 1. The maximum Gasteiger partial charge on any atom is 0.251 e. The number of imidazole rings is 1. The molecule has 5 nitrogen and oxygen atoms in total. The summed E-state index contributed by atoms with van der Waals surface area (Å²) in [5.74, 6) is -0.104. The Morgan fingerprint density at radius 2 is 1.93 bits per heavy atom. The largest absolute Gasteiger partial charge is 0.352 e. The van der Waals surface area contributed by atoms with E-state index in [4.69, 9.17) is 11.6 Å². The molecule has 4 aromatic rings. The summed E-state index contributed by atoms with van der Waals surface area (Å²) >= 11 is 5.90. The summed E-state index contributed by atoms with van der Waals surface area (Å²) in [5.41, 5.74) is 5.26. The van der Waals surface area contributed by atoms with Crippen molar-refractivity contribution in [3.63, 3.8) is 0 Å². The van der Waals surface area contributed by atoms with Crippen LogP contribution in [0.2, 0.25) is 5.02 Å². The first kappa shape index (κ1) is 18.2. The number of hydrogen-bond donors (Lipinski definition) is 1. The number of benzene rings is 2. The minimum Gasteiger partial charge on any atom is -0.352 e. The van der Waals surface area contributed by atoms with Gasteiger partial charge in [-0.05, 0) is 60.9 Å². The van der Waals surface area contributed by atoms with Crippen LogP contribution in [0.3, 0.4) is 0 Å². The molecule has 0 aliphatic carbocycles. The van der Waals surface area contributed by atoms with Gasteiger partial charge < -0.3 is 5.32 Å². The minimum absolute atomic E-state index is 0.104. The van der Waals surface area contributed by atoms with Crippen LogP contribution in [0.4, 0.5) is 0 Å². The Morgan fingerprint density at radius 3 is 2.75 bits per heavy atom. The zero-order chi connectivity index (χ0) is 19.5. The van der Waals surface area contributed by atoms with Crippen LogP contribution in [0.25, 0.3) is 16.9 Å². The summed E-state index contributed by atoms with van der Waals surface area (Å²) in [6.45, 7) is 2.56. The van der Waals surface area contributed by atoms with Gasteiger partial charge in [0.2, 0.25) is 0 Å². The smallest absolute Gasteiger partial charge is 0.251 e. The molecule has 1 amide bonds. The predicted octanol–water partition coefficient (Wildman–Crippen LogP) is 4.35. The maximum absolute atomic E-state index is 12.6. The fourth-order valence-corrected chi connectivity index (χ4v) is 3.24. The SMILES string of the molecule is Cc1ccc(C(=O)NCCc2ccc(Cl)cc2)cc1-n1cnc2cccnc21. The van der Waals surface area contributed by atoms with Crippen LogP contribution in [0, 0.1) is 6.92 Å². The van der Waals surface area contributed by atoms with Crippen LogP contribution < -0.4 is 5.32 Å². The molecule has 0 fully saturated rings. The summed E-state index contributed by atoms with van der Waals surface area (Å²) in [4.78, 5) is 21.4. The lowest BCUT2D eigenvalue weighted by molar-refractivity contribution is 0.0954. The standard InChI is InChI=1S/C22H19ClN4O/c1-15-4-7-17(22(28)25-12-10-16-5-8-18(23)9-6-16)13-20(15)27-14-26-19-3-2-11-24-21(19)27/h2-9,11,13-14H,10,12H2,1H3,(H,25,28). The Labute approximate surface area is 168 Å². The molecule has 0 aliphatic heterocycles. The molecular formula is C22H19ClN4O. The van der Waals surface area contributed by atoms with Gasteiger partial charge in [0.15, 0.2) is 5.65 Å². The predicted molar refractivity (Wildman–Crippen MR) is 111 cm³/mol. The second-order valence-electron chi connectivity index (χ2n) is 6.59. The van der Waals surface area contributed by atoms with Crippen molar-refractivity contribution >= 4 is 28.7 Å².